The van der Waals surface area contributed by atoms with Crippen molar-refractivity contribution < 1.29 is 28.6 Å². The van der Waals surface area contributed by atoms with Gasteiger partial charge in [-0.15, -0.1) is 0 Å². The lowest BCUT2D eigenvalue weighted by atomic mass is 10.2. The lowest BCUT2D eigenvalue weighted by Crippen LogP contribution is -2.31. The Labute approximate surface area is 119 Å². The van der Waals surface area contributed by atoms with Crippen LogP contribution in [-0.4, -0.2) is 30.8 Å². The second-order valence-corrected chi connectivity index (χ2v) is 3.74. The molecule has 1 N–H and O–H groups in total. The van der Waals surface area contributed by atoms with Gasteiger partial charge in [-0.05, 0) is 5.56 Å². The van der Waals surface area contributed by atoms with E-state index in [9.17, 15) is 14.4 Å². The van der Waals surface area contributed by atoms with Crippen molar-refractivity contribution in [3.63, 3.8) is 0 Å². The maximum Gasteiger partial charge on any atom is 0.407 e. The molecule has 1 aromatic rings. The zero-order valence-corrected chi connectivity index (χ0v) is 11.1. The molecule has 108 valence electrons. The molecule has 0 aliphatic rings. The molecule has 0 saturated heterocycles. The van der Waals surface area contributed by atoms with E-state index in [1.807, 2.05) is 18.2 Å². The first-order chi connectivity index (χ1) is 9.58. The Bertz CT molecular complexity index is 464. The molecule has 7 nitrogen and oxygen atoms in total. The van der Waals surface area contributed by atoms with Crippen molar-refractivity contribution in [2.45, 2.75) is 6.61 Å². The number of hydrogen-bond donors (Lipinski definition) is 1. The highest BCUT2D eigenvalue weighted by molar-refractivity contribution is 6.61. The van der Waals surface area contributed by atoms with E-state index in [2.05, 4.69) is 14.8 Å². The Morgan fingerprint density at radius 1 is 1.05 bits per heavy atom. The molecule has 0 aliphatic heterocycles. The molecular formula is C12H12ClNO6. The first kappa shape index (κ1) is 15.8. The third-order valence-electron chi connectivity index (χ3n) is 1.98. The minimum atomic E-state index is -1.09. The van der Waals surface area contributed by atoms with Crippen molar-refractivity contribution >= 4 is 29.1 Å². The van der Waals surface area contributed by atoms with E-state index in [-0.39, 0.29) is 6.61 Å². The number of amides is 1. The number of benzene rings is 1. The van der Waals surface area contributed by atoms with Crippen LogP contribution in [0.3, 0.4) is 0 Å². The summed E-state index contributed by atoms with van der Waals surface area (Å²) < 4.78 is 13.5. The predicted octanol–water partition coefficient (Wildman–Crippen LogP) is 1.79. The highest BCUT2D eigenvalue weighted by Crippen LogP contribution is 2.00. The average Bonchev–Trinajstić information content (AvgIpc) is 2.43. The van der Waals surface area contributed by atoms with Crippen LogP contribution >= 0.6 is 11.6 Å². The van der Waals surface area contributed by atoms with Crippen molar-refractivity contribution in [2.75, 3.05) is 13.3 Å². The number of nitrogens with one attached hydrogen (secondary N) is 1. The number of esters is 1. The van der Waals surface area contributed by atoms with Gasteiger partial charge in [0, 0.05) is 11.6 Å². The lowest BCUT2D eigenvalue weighted by Gasteiger charge is -2.07. The van der Waals surface area contributed by atoms with E-state index in [0.29, 0.717) is 0 Å². The zero-order valence-electron chi connectivity index (χ0n) is 10.3. The van der Waals surface area contributed by atoms with Gasteiger partial charge in [-0.1, -0.05) is 30.3 Å². The first-order valence-electron chi connectivity index (χ1n) is 5.50. The van der Waals surface area contributed by atoms with Gasteiger partial charge in [-0.25, -0.2) is 9.59 Å². The molecule has 20 heavy (non-hydrogen) atoms. The largest absolute Gasteiger partial charge is 0.445 e. The van der Waals surface area contributed by atoms with Crippen LogP contribution in [0.1, 0.15) is 5.56 Å². The summed E-state index contributed by atoms with van der Waals surface area (Å²) in [6, 6.07) is 9.05. The second kappa shape index (κ2) is 8.76. The molecule has 0 fully saturated rings. The zero-order chi connectivity index (χ0) is 14.8. The van der Waals surface area contributed by atoms with Gasteiger partial charge >= 0.3 is 17.5 Å². The maximum absolute atomic E-state index is 11.3. The van der Waals surface area contributed by atoms with Crippen LogP contribution in [-0.2, 0) is 25.6 Å². The summed E-state index contributed by atoms with van der Waals surface area (Å²) in [5.41, 5.74) is -0.271. The van der Waals surface area contributed by atoms with Crippen LogP contribution in [0.5, 0.6) is 0 Å². The molecule has 0 atom stereocenters. The Morgan fingerprint density at radius 2 is 1.75 bits per heavy atom. The van der Waals surface area contributed by atoms with E-state index in [4.69, 9.17) is 16.3 Å². The van der Waals surface area contributed by atoms with E-state index in [1.54, 1.807) is 12.1 Å². The molecule has 1 amide bonds. The summed E-state index contributed by atoms with van der Waals surface area (Å²) in [6.07, 6.45) is -0.764. The fourth-order valence-corrected chi connectivity index (χ4v) is 1.16. The Kier molecular flexibility index (Phi) is 6.91. The SMILES string of the molecule is O=C(Cl)OCOC(=O)CNC(=O)OCc1ccccc1. The van der Waals surface area contributed by atoms with Gasteiger partial charge in [-0.3, -0.25) is 4.79 Å². The molecule has 0 bridgehead atoms. The molecule has 8 heteroatoms. The van der Waals surface area contributed by atoms with E-state index < -0.39 is 30.8 Å². The van der Waals surface area contributed by atoms with E-state index in [1.165, 1.54) is 0 Å². The van der Waals surface area contributed by atoms with Crippen LogP contribution in [0, 0.1) is 0 Å². The number of carbonyl (C=O) groups is 3. The van der Waals surface area contributed by atoms with Gasteiger partial charge < -0.3 is 19.5 Å². The summed E-state index contributed by atoms with van der Waals surface area (Å²) in [4.78, 5) is 32.5. The summed E-state index contributed by atoms with van der Waals surface area (Å²) in [5.74, 6) is -0.792. The predicted molar refractivity (Wildman–Crippen MR) is 67.9 cm³/mol. The van der Waals surface area contributed by atoms with Gasteiger partial charge in [-0.2, -0.15) is 0 Å². The van der Waals surface area contributed by atoms with Crippen molar-refractivity contribution in [1.29, 1.82) is 0 Å². The number of alkyl carbamates (subject to hydrolysis) is 1. The molecule has 0 heterocycles. The summed E-state index contributed by atoms with van der Waals surface area (Å²) >= 11 is 4.85. The van der Waals surface area contributed by atoms with Crippen molar-refractivity contribution in [2.24, 2.45) is 0 Å². The summed E-state index contributed by atoms with van der Waals surface area (Å²) in [6.45, 7) is -0.930. The second-order valence-electron chi connectivity index (χ2n) is 3.43. The molecule has 1 rings (SSSR count). The minimum absolute atomic E-state index is 0.0889. The highest BCUT2D eigenvalue weighted by atomic mass is 35.5. The van der Waals surface area contributed by atoms with Gasteiger partial charge in [0.05, 0.1) is 0 Å². The van der Waals surface area contributed by atoms with Crippen molar-refractivity contribution in [1.82, 2.24) is 5.32 Å². The molecular weight excluding hydrogens is 290 g/mol. The quantitative estimate of drug-likeness (QED) is 0.489. The fourth-order valence-electron chi connectivity index (χ4n) is 1.11. The van der Waals surface area contributed by atoms with Crippen LogP contribution in [0.4, 0.5) is 9.59 Å². The van der Waals surface area contributed by atoms with Gasteiger partial charge in [0.25, 0.3) is 0 Å². The van der Waals surface area contributed by atoms with Crippen LogP contribution < -0.4 is 5.32 Å². The van der Waals surface area contributed by atoms with Gasteiger partial charge in [0.1, 0.15) is 13.2 Å². The van der Waals surface area contributed by atoms with Crippen molar-refractivity contribution in [3.8, 4) is 0 Å². The Morgan fingerprint density at radius 3 is 2.40 bits per heavy atom. The topological polar surface area (TPSA) is 90.9 Å². The van der Waals surface area contributed by atoms with Gasteiger partial charge in [0.15, 0.2) is 0 Å². The lowest BCUT2D eigenvalue weighted by molar-refractivity contribution is -0.150. The molecule has 0 unspecified atom stereocenters. The average molecular weight is 302 g/mol. The van der Waals surface area contributed by atoms with Crippen LogP contribution in [0.15, 0.2) is 30.3 Å². The van der Waals surface area contributed by atoms with E-state index >= 15 is 0 Å². The highest BCUT2D eigenvalue weighted by Gasteiger charge is 2.08. The molecule has 0 aliphatic carbocycles. The third-order valence-corrected chi connectivity index (χ3v) is 2.09. The summed E-state index contributed by atoms with van der Waals surface area (Å²) in [7, 11) is 0. The maximum atomic E-state index is 11.3. The molecule has 0 saturated carbocycles. The number of ether oxygens (including phenoxy) is 3. The van der Waals surface area contributed by atoms with Gasteiger partial charge in [0.2, 0.25) is 6.79 Å². The number of rotatable bonds is 6. The van der Waals surface area contributed by atoms with Crippen molar-refractivity contribution in [3.05, 3.63) is 35.9 Å². The van der Waals surface area contributed by atoms with Crippen LogP contribution in [0.25, 0.3) is 0 Å². The van der Waals surface area contributed by atoms with E-state index in [0.717, 1.165) is 5.56 Å². The minimum Gasteiger partial charge on any atom is -0.445 e. The third kappa shape index (κ3) is 7.22. The number of hydrogen-bond acceptors (Lipinski definition) is 6. The monoisotopic (exact) mass is 301 g/mol. The smallest absolute Gasteiger partial charge is 0.407 e. The molecule has 0 spiro atoms. The summed E-state index contributed by atoms with van der Waals surface area (Å²) in [5, 5.41) is 2.18. The molecule has 1 aromatic carbocycles. The standard InChI is InChI=1S/C12H12ClNO6/c13-11(16)20-8-19-10(15)6-14-12(17)18-7-9-4-2-1-3-5-9/h1-5H,6-8H2,(H,14,17). The number of carbonyl (C=O) groups excluding carboxylic acids is 3. The normalized spacial score (nSPS) is 9.45. The number of halogens is 1. The fraction of sp³-hybridized carbons (Fsp3) is 0.250. The Balaban J connectivity index is 2.13. The molecule has 0 radical (unpaired) electrons. The van der Waals surface area contributed by atoms with Crippen LogP contribution in [0.2, 0.25) is 0 Å². The molecule has 0 aromatic heterocycles. The first-order valence-corrected chi connectivity index (χ1v) is 5.88. The Hall–Kier alpha value is -2.28.